The molecule has 0 aliphatic heterocycles. The predicted octanol–water partition coefficient (Wildman–Crippen LogP) is 1.15. The number of aryl methyl sites for hydroxylation is 1. The van der Waals surface area contributed by atoms with Gasteiger partial charge in [-0.15, -0.1) is 0 Å². The third-order valence-electron chi connectivity index (χ3n) is 1.19. The molecular weight excluding hydrogens is 124 g/mol. The smallest absolute Gasteiger partial charge is 0.0343 e. The lowest BCUT2D eigenvalue weighted by molar-refractivity contribution is 1.47. The maximum absolute atomic E-state index is 5.52. The standard InChI is InChI=1S/C7H9N.CH5N/c1-6-4-2-3-5-7(6)8;1-2/h2-5H,8H2,1H3;2H2,1H3. The van der Waals surface area contributed by atoms with Crippen molar-refractivity contribution in [1.82, 2.24) is 0 Å². The van der Waals surface area contributed by atoms with Crippen molar-refractivity contribution in [2.45, 2.75) is 6.92 Å². The lowest BCUT2D eigenvalue weighted by Crippen LogP contribution is -1.85. The zero-order valence-corrected chi connectivity index (χ0v) is 6.46. The minimum absolute atomic E-state index is 0.868. The van der Waals surface area contributed by atoms with Gasteiger partial charge in [0.1, 0.15) is 0 Å². The van der Waals surface area contributed by atoms with E-state index in [9.17, 15) is 0 Å². The van der Waals surface area contributed by atoms with E-state index in [0.717, 1.165) is 11.3 Å². The zero-order chi connectivity index (χ0) is 7.98. The van der Waals surface area contributed by atoms with E-state index < -0.39 is 0 Å². The Labute approximate surface area is 61.8 Å². The summed E-state index contributed by atoms with van der Waals surface area (Å²) in [6, 6.07) is 7.80. The highest BCUT2D eigenvalue weighted by molar-refractivity contribution is 5.44. The number of nitrogen functional groups attached to an aromatic ring is 1. The van der Waals surface area contributed by atoms with Gasteiger partial charge < -0.3 is 11.5 Å². The molecule has 0 unspecified atom stereocenters. The van der Waals surface area contributed by atoms with Gasteiger partial charge in [0.05, 0.1) is 0 Å². The van der Waals surface area contributed by atoms with E-state index in [1.54, 1.807) is 0 Å². The summed E-state index contributed by atoms with van der Waals surface area (Å²) in [4.78, 5) is 0. The molecule has 0 spiro atoms. The van der Waals surface area contributed by atoms with Crippen LogP contribution in [0.1, 0.15) is 5.56 Å². The Hall–Kier alpha value is -1.02. The number of para-hydroxylation sites is 1. The van der Waals surface area contributed by atoms with Crippen LogP contribution in [-0.2, 0) is 0 Å². The molecule has 0 bridgehead atoms. The highest BCUT2D eigenvalue weighted by Crippen LogP contribution is 2.06. The summed E-state index contributed by atoms with van der Waals surface area (Å²) < 4.78 is 0. The number of rotatable bonds is 0. The third kappa shape index (κ3) is 2.51. The van der Waals surface area contributed by atoms with Gasteiger partial charge >= 0.3 is 0 Å². The molecule has 0 amide bonds. The van der Waals surface area contributed by atoms with Crippen LogP contribution in [-0.4, -0.2) is 7.05 Å². The summed E-state index contributed by atoms with van der Waals surface area (Å²) in [6.45, 7) is 2.00. The normalized spacial score (nSPS) is 7.90. The van der Waals surface area contributed by atoms with Gasteiger partial charge in [0.2, 0.25) is 0 Å². The van der Waals surface area contributed by atoms with Crippen molar-refractivity contribution in [3.05, 3.63) is 29.8 Å². The van der Waals surface area contributed by atoms with Gasteiger partial charge in [0.25, 0.3) is 0 Å². The van der Waals surface area contributed by atoms with Crippen molar-refractivity contribution >= 4 is 5.69 Å². The Morgan fingerprint density at radius 1 is 1.10 bits per heavy atom. The second-order valence-corrected chi connectivity index (χ2v) is 1.86. The van der Waals surface area contributed by atoms with Crippen LogP contribution in [0.2, 0.25) is 0 Å². The molecule has 0 saturated heterocycles. The van der Waals surface area contributed by atoms with Gasteiger partial charge in [0.15, 0.2) is 0 Å². The lowest BCUT2D eigenvalue weighted by Gasteiger charge is -1.93. The highest BCUT2D eigenvalue weighted by atomic mass is 14.5. The van der Waals surface area contributed by atoms with E-state index in [0.29, 0.717) is 0 Å². The first kappa shape index (κ1) is 8.98. The minimum atomic E-state index is 0.868. The molecule has 1 aromatic rings. The molecule has 0 aromatic heterocycles. The van der Waals surface area contributed by atoms with Crippen molar-refractivity contribution in [3.8, 4) is 0 Å². The van der Waals surface area contributed by atoms with Crippen LogP contribution in [0.3, 0.4) is 0 Å². The van der Waals surface area contributed by atoms with E-state index in [4.69, 9.17) is 5.73 Å². The van der Waals surface area contributed by atoms with Crippen molar-refractivity contribution in [3.63, 3.8) is 0 Å². The molecule has 2 heteroatoms. The van der Waals surface area contributed by atoms with Crippen LogP contribution in [0.25, 0.3) is 0 Å². The van der Waals surface area contributed by atoms with Crippen molar-refractivity contribution in [2.24, 2.45) is 5.73 Å². The first-order valence-electron chi connectivity index (χ1n) is 3.19. The molecular formula is C8H14N2. The molecule has 56 valence electrons. The molecule has 0 radical (unpaired) electrons. The number of hydrogen-bond acceptors (Lipinski definition) is 2. The molecule has 0 fully saturated rings. The summed E-state index contributed by atoms with van der Waals surface area (Å²) in [5.41, 5.74) is 12.0. The van der Waals surface area contributed by atoms with Crippen molar-refractivity contribution in [2.75, 3.05) is 12.8 Å². The van der Waals surface area contributed by atoms with E-state index >= 15 is 0 Å². The fraction of sp³-hybridized carbons (Fsp3) is 0.250. The summed E-state index contributed by atoms with van der Waals surface area (Å²) in [7, 11) is 1.50. The number of nitrogens with two attached hydrogens (primary N) is 2. The average Bonchev–Trinajstić information content (AvgIpc) is 2.00. The Morgan fingerprint density at radius 2 is 1.60 bits per heavy atom. The molecule has 0 saturated carbocycles. The van der Waals surface area contributed by atoms with E-state index in [2.05, 4.69) is 5.73 Å². The minimum Gasteiger partial charge on any atom is -0.399 e. The third-order valence-corrected chi connectivity index (χ3v) is 1.19. The molecule has 1 rings (SSSR count). The molecule has 1 aromatic carbocycles. The Bertz CT molecular complexity index is 163. The second-order valence-electron chi connectivity index (χ2n) is 1.86. The number of benzene rings is 1. The topological polar surface area (TPSA) is 52.0 Å². The Morgan fingerprint density at radius 3 is 1.90 bits per heavy atom. The fourth-order valence-corrected chi connectivity index (χ4v) is 0.587. The molecule has 0 aliphatic carbocycles. The molecule has 0 heterocycles. The first-order valence-corrected chi connectivity index (χ1v) is 3.19. The van der Waals surface area contributed by atoms with Gasteiger partial charge in [-0.2, -0.15) is 0 Å². The quantitative estimate of drug-likeness (QED) is 0.528. The van der Waals surface area contributed by atoms with Crippen LogP contribution in [0.15, 0.2) is 24.3 Å². The molecule has 10 heavy (non-hydrogen) atoms. The van der Waals surface area contributed by atoms with Gasteiger partial charge in [-0.05, 0) is 25.6 Å². The highest BCUT2D eigenvalue weighted by Gasteiger charge is 1.84. The Kier molecular flexibility index (Phi) is 4.33. The average molecular weight is 138 g/mol. The van der Waals surface area contributed by atoms with Crippen LogP contribution in [0.4, 0.5) is 5.69 Å². The summed E-state index contributed by atoms with van der Waals surface area (Å²) in [6.07, 6.45) is 0. The van der Waals surface area contributed by atoms with Crippen LogP contribution in [0.5, 0.6) is 0 Å². The number of hydrogen-bond donors (Lipinski definition) is 2. The first-order chi connectivity index (χ1) is 4.80. The van der Waals surface area contributed by atoms with Gasteiger partial charge in [-0.3, -0.25) is 0 Å². The number of anilines is 1. The summed E-state index contributed by atoms with van der Waals surface area (Å²) >= 11 is 0. The molecule has 0 atom stereocenters. The maximum Gasteiger partial charge on any atom is 0.0343 e. The monoisotopic (exact) mass is 138 g/mol. The molecule has 0 aliphatic rings. The van der Waals surface area contributed by atoms with Crippen molar-refractivity contribution in [1.29, 1.82) is 0 Å². The van der Waals surface area contributed by atoms with Gasteiger partial charge in [-0.1, -0.05) is 18.2 Å². The SMILES string of the molecule is CN.Cc1ccccc1N. The van der Waals surface area contributed by atoms with E-state index in [1.807, 2.05) is 31.2 Å². The van der Waals surface area contributed by atoms with Gasteiger partial charge in [0, 0.05) is 5.69 Å². The summed E-state index contributed by atoms with van der Waals surface area (Å²) in [5.74, 6) is 0. The van der Waals surface area contributed by atoms with Crippen LogP contribution < -0.4 is 11.5 Å². The zero-order valence-electron chi connectivity index (χ0n) is 6.46. The predicted molar refractivity (Wildman–Crippen MR) is 45.7 cm³/mol. The molecule has 2 nitrogen and oxygen atoms in total. The lowest BCUT2D eigenvalue weighted by atomic mass is 10.2. The maximum atomic E-state index is 5.52. The fourth-order valence-electron chi connectivity index (χ4n) is 0.587. The van der Waals surface area contributed by atoms with Crippen LogP contribution in [0, 0.1) is 6.92 Å². The second kappa shape index (κ2) is 4.82. The van der Waals surface area contributed by atoms with Crippen LogP contribution >= 0.6 is 0 Å². The van der Waals surface area contributed by atoms with E-state index in [-0.39, 0.29) is 0 Å². The van der Waals surface area contributed by atoms with E-state index in [1.165, 1.54) is 7.05 Å². The van der Waals surface area contributed by atoms with Crippen molar-refractivity contribution < 1.29 is 0 Å². The summed E-state index contributed by atoms with van der Waals surface area (Å²) in [5, 5.41) is 0. The molecule has 4 N–H and O–H groups in total. The largest absolute Gasteiger partial charge is 0.399 e. The van der Waals surface area contributed by atoms with Gasteiger partial charge in [-0.25, -0.2) is 0 Å². The Balaban J connectivity index is 0.000000371.